The van der Waals surface area contributed by atoms with Gasteiger partial charge < -0.3 is 9.47 Å². The number of aromatic nitrogens is 6. The molecule has 0 atom stereocenters. The van der Waals surface area contributed by atoms with Crippen molar-refractivity contribution in [2.75, 3.05) is 25.0 Å². The van der Waals surface area contributed by atoms with Gasteiger partial charge in [-0.15, -0.1) is 5.10 Å². The van der Waals surface area contributed by atoms with Gasteiger partial charge in [-0.1, -0.05) is 0 Å². The van der Waals surface area contributed by atoms with Crippen molar-refractivity contribution in [2.45, 2.75) is 13.8 Å². The van der Waals surface area contributed by atoms with Crippen LogP contribution in [0.5, 0.6) is 0 Å². The third kappa shape index (κ3) is 2.61. The van der Waals surface area contributed by atoms with Crippen LogP contribution >= 0.6 is 0 Å². The van der Waals surface area contributed by atoms with Gasteiger partial charge in [-0.05, 0) is 26.0 Å². The van der Waals surface area contributed by atoms with Gasteiger partial charge >= 0.3 is 6.03 Å². The summed E-state index contributed by atoms with van der Waals surface area (Å²) < 4.78 is 3.66. The van der Waals surface area contributed by atoms with Gasteiger partial charge in [-0.2, -0.15) is 0 Å². The minimum absolute atomic E-state index is 0.0286. The molecule has 0 saturated carbocycles. The van der Waals surface area contributed by atoms with Crippen molar-refractivity contribution < 1.29 is 4.79 Å². The number of nitrogens with zero attached hydrogens (tertiary/aromatic N) is 8. The van der Waals surface area contributed by atoms with Gasteiger partial charge in [0.25, 0.3) is 0 Å². The number of hydrogen-bond acceptors (Lipinski definition) is 5. The van der Waals surface area contributed by atoms with E-state index in [4.69, 9.17) is 0 Å². The molecular weight excluding hydrogens is 332 g/mol. The number of fused-ring (bicyclic) bond motifs is 1. The summed E-state index contributed by atoms with van der Waals surface area (Å²) >= 11 is 0. The first kappa shape index (κ1) is 16.2. The Bertz CT molecular complexity index is 992. The molecule has 9 nitrogen and oxygen atoms in total. The molecule has 0 bridgehead atoms. The Kier molecular flexibility index (Phi) is 3.71. The fourth-order valence-electron chi connectivity index (χ4n) is 2.94. The number of amides is 2. The number of rotatable bonds is 3. The second-order valence-corrected chi connectivity index (χ2v) is 6.45. The maximum absolute atomic E-state index is 12.1. The molecule has 4 heterocycles. The molecule has 0 unspecified atom stereocenters. The van der Waals surface area contributed by atoms with Gasteiger partial charge in [0.2, 0.25) is 0 Å². The van der Waals surface area contributed by atoms with E-state index in [0.717, 1.165) is 22.9 Å². The SMILES string of the molecule is Cc1ncc(C)n2nc(/C=C/c3nc(N4CCN(C)C4=O)cn3C)nc12. The molecule has 0 radical (unpaired) electrons. The Hall–Kier alpha value is -3.23. The summed E-state index contributed by atoms with van der Waals surface area (Å²) in [4.78, 5) is 28.9. The number of urea groups is 1. The first-order valence-corrected chi connectivity index (χ1v) is 8.37. The molecule has 0 spiro atoms. The Morgan fingerprint density at radius 3 is 2.62 bits per heavy atom. The highest BCUT2D eigenvalue weighted by Gasteiger charge is 2.28. The average molecular weight is 352 g/mol. The molecule has 9 heteroatoms. The molecule has 0 aromatic carbocycles. The van der Waals surface area contributed by atoms with Crippen LogP contribution in [-0.2, 0) is 7.05 Å². The first-order chi connectivity index (χ1) is 12.4. The fraction of sp³-hybridized carbons (Fsp3) is 0.353. The van der Waals surface area contributed by atoms with E-state index in [0.29, 0.717) is 24.7 Å². The highest BCUT2D eigenvalue weighted by atomic mass is 16.2. The van der Waals surface area contributed by atoms with Gasteiger partial charge in [0.15, 0.2) is 17.3 Å². The molecule has 3 aromatic rings. The van der Waals surface area contributed by atoms with E-state index in [9.17, 15) is 4.79 Å². The summed E-state index contributed by atoms with van der Waals surface area (Å²) in [5.74, 6) is 1.97. The van der Waals surface area contributed by atoms with Gasteiger partial charge in [0, 0.05) is 39.6 Å². The number of hydrogen-bond donors (Lipinski definition) is 0. The number of aryl methyl sites for hydroxylation is 3. The highest BCUT2D eigenvalue weighted by molar-refractivity contribution is 5.93. The molecule has 26 heavy (non-hydrogen) atoms. The molecule has 134 valence electrons. The Morgan fingerprint density at radius 1 is 1.12 bits per heavy atom. The summed E-state index contributed by atoms with van der Waals surface area (Å²) in [7, 11) is 3.69. The zero-order valence-electron chi connectivity index (χ0n) is 15.2. The predicted octanol–water partition coefficient (Wildman–Crippen LogP) is 1.52. The molecule has 1 aliphatic heterocycles. The molecule has 3 aromatic heterocycles. The maximum atomic E-state index is 12.1. The lowest BCUT2D eigenvalue weighted by Gasteiger charge is -2.12. The number of likely N-dealkylation sites (N-methyl/N-ethyl adjacent to an activating group) is 1. The van der Waals surface area contributed by atoms with Gasteiger partial charge in [-0.3, -0.25) is 9.88 Å². The minimum Gasteiger partial charge on any atom is -0.332 e. The van der Waals surface area contributed by atoms with Crippen molar-refractivity contribution in [1.29, 1.82) is 0 Å². The average Bonchev–Trinajstić information content (AvgIpc) is 3.29. The lowest BCUT2D eigenvalue weighted by Crippen LogP contribution is -2.29. The number of imidazole rings is 1. The molecular formula is C17H20N8O. The summed E-state index contributed by atoms with van der Waals surface area (Å²) in [6, 6.07) is -0.0286. The summed E-state index contributed by atoms with van der Waals surface area (Å²) in [5, 5.41) is 4.49. The van der Waals surface area contributed by atoms with Crippen molar-refractivity contribution in [3.63, 3.8) is 0 Å². The number of carbonyl (C=O) groups is 1. The Morgan fingerprint density at radius 2 is 1.92 bits per heavy atom. The van der Waals surface area contributed by atoms with Crippen LogP contribution in [0.3, 0.4) is 0 Å². The fourth-order valence-corrected chi connectivity index (χ4v) is 2.94. The molecule has 0 aliphatic carbocycles. The summed E-state index contributed by atoms with van der Waals surface area (Å²) in [6.07, 6.45) is 7.29. The lowest BCUT2D eigenvalue weighted by molar-refractivity contribution is 0.229. The quantitative estimate of drug-likeness (QED) is 0.713. The molecule has 4 rings (SSSR count). The van der Waals surface area contributed by atoms with Gasteiger partial charge in [-0.25, -0.2) is 19.3 Å². The lowest BCUT2D eigenvalue weighted by atomic mass is 10.4. The molecule has 1 saturated heterocycles. The third-order valence-electron chi connectivity index (χ3n) is 4.50. The topological polar surface area (TPSA) is 84.5 Å². The van der Waals surface area contributed by atoms with E-state index < -0.39 is 0 Å². The van der Waals surface area contributed by atoms with Crippen molar-refractivity contribution in [1.82, 2.24) is 34.0 Å². The zero-order valence-corrected chi connectivity index (χ0v) is 15.2. The minimum atomic E-state index is -0.0286. The Labute approximate surface area is 150 Å². The summed E-state index contributed by atoms with van der Waals surface area (Å²) in [6.45, 7) is 5.20. The van der Waals surface area contributed by atoms with Crippen LogP contribution in [0.1, 0.15) is 23.0 Å². The highest BCUT2D eigenvalue weighted by Crippen LogP contribution is 2.19. The first-order valence-electron chi connectivity index (χ1n) is 8.37. The van der Waals surface area contributed by atoms with Crippen molar-refractivity contribution >= 4 is 29.6 Å². The van der Waals surface area contributed by atoms with E-state index in [1.165, 1.54) is 0 Å². The zero-order chi connectivity index (χ0) is 18.4. The summed E-state index contributed by atoms with van der Waals surface area (Å²) in [5.41, 5.74) is 2.50. The van der Waals surface area contributed by atoms with Crippen molar-refractivity contribution in [3.05, 3.63) is 35.4 Å². The van der Waals surface area contributed by atoms with E-state index >= 15 is 0 Å². The van der Waals surface area contributed by atoms with E-state index in [2.05, 4.69) is 20.1 Å². The standard InChI is InChI=1S/C17H20N8O/c1-11-9-18-12(2)16-19-13(21-25(11)16)5-6-14-20-15(10-23(14)4)24-8-7-22(3)17(24)26/h5-6,9-10H,7-8H2,1-4H3/b6-5+. The van der Waals surface area contributed by atoms with E-state index in [1.54, 1.807) is 27.6 Å². The van der Waals surface area contributed by atoms with Gasteiger partial charge in [0.05, 0.1) is 11.4 Å². The third-order valence-corrected chi connectivity index (χ3v) is 4.50. The number of anilines is 1. The van der Waals surface area contributed by atoms with E-state index in [-0.39, 0.29) is 6.03 Å². The second kappa shape index (κ2) is 5.94. The number of carbonyl (C=O) groups excluding carboxylic acids is 1. The van der Waals surface area contributed by atoms with Crippen LogP contribution < -0.4 is 4.90 Å². The predicted molar refractivity (Wildman–Crippen MR) is 97.8 cm³/mol. The monoisotopic (exact) mass is 352 g/mol. The van der Waals surface area contributed by atoms with E-state index in [1.807, 2.05) is 43.8 Å². The van der Waals surface area contributed by atoms with Crippen LogP contribution in [0.25, 0.3) is 17.8 Å². The Balaban J connectivity index is 1.63. The molecule has 0 N–H and O–H groups in total. The molecule has 1 fully saturated rings. The van der Waals surface area contributed by atoms with Crippen molar-refractivity contribution in [2.24, 2.45) is 7.05 Å². The largest absolute Gasteiger partial charge is 0.332 e. The normalized spacial score (nSPS) is 15.2. The van der Waals surface area contributed by atoms with Crippen LogP contribution in [0, 0.1) is 13.8 Å². The van der Waals surface area contributed by atoms with Crippen LogP contribution in [0.15, 0.2) is 12.4 Å². The smallest absolute Gasteiger partial charge is 0.325 e. The molecule has 1 aliphatic rings. The second-order valence-electron chi connectivity index (χ2n) is 6.45. The van der Waals surface area contributed by atoms with Crippen molar-refractivity contribution in [3.8, 4) is 0 Å². The van der Waals surface area contributed by atoms with Crippen LogP contribution in [-0.4, -0.2) is 60.2 Å². The van der Waals surface area contributed by atoms with Crippen LogP contribution in [0.2, 0.25) is 0 Å². The molecule has 2 amide bonds. The van der Waals surface area contributed by atoms with Crippen LogP contribution in [0.4, 0.5) is 10.6 Å². The maximum Gasteiger partial charge on any atom is 0.325 e. The van der Waals surface area contributed by atoms with Gasteiger partial charge in [0.1, 0.15) is 5.82 Å².